The predicted molar refractivity (Wildman–Crippen MR) is 65.5 cm³/mol. The molecule has 0 saturated carbocycles. The molecule has 0 fully saturated rings. The Morgan fingerprint density at radius 3 is 3.00 bits per heavy atom. The van der Waals surface area contributed by atoms with E-state index in [4.69, 9.17) is 5.73 Å². The van der Waals surface area contributed by atoms with Crippen LogP contribution in [0.5, 0.6) is 0 Å². The molecule has 0 spiro atoms. The number of rotatable bonds is 3. The molecule has 0 atom stereocenters. The number of nitrogens with two attached hydrogens (primary N) is 1. The fourth-order valence-corrected chi connectivity index (χ4v) is 2.23. The second kappa shape index (κ2) is 4.66. The molecule has 1 aliphatic heterocycles. The summed E-state index contributed by atoms with van der Waals surface area (Å²) in [5.41, 5.74) is 9.18. The molecular formula is C13H18N2O. The lowest BCUT2D eigenvalue weighted by Crippen LogP contribution is -2.27. The average Bonchev–Trinajstić information content (AvgIpc) is 2.71. The van der Waals surface area contributed by atoms with E-state index in [2.05, 4.69) is 18.2 Å². The second-order valence-corrected chi connectivity index (χ2v) is 4.15. The largest absolute Gasteiger partial charge is 0.330 e. The Hall–Kier alpha value is -1.35. The third kappa shape index (κ3) is 1.95. The first-order valence-electron chi connectivity index (χ1n) is 5.88. The molecule has 0 bridgehead atoms. The van der Waals surface area contributed by atoms with Crippen molar-refractivity contribution in [1.82, 2.24) is 0 Å². The maximum atomic E-state index is 11.7. The number of hydrogen-bond acceptors (Lipinski definition) is 2. The first-order chi connectivity index (χ1) is 7.76. The first-order valence-corrected chi connectivity index (χ1v) is 5.88. The van der Waals surface area contributed by atoms with E-state index in [1.807, 2.05) is 11.8 Å². The molecule has 1 aliphatic rings. The van der Waals surface area contributed by atoms with Crippen molar-refractivity contribution in [3.8, 4) is 0 Å². The molecule has 0 saturated heterocycles. The first kappa shape index (κ1) is 11.1. The van der Waals surface area contributed by atoms with Crippen molar-refractivity contribution >= 4 is 11.6 Å². The van der Waals surface area contributed by atoms with Crippen LogP contribution >= 0.6 is 0 Å². The molecule has 0 aliphatic carbocycles. The van der Waals surface area contributed by atoms with E-state index >= 15 is 0 Å². The summed E-state index contributed by atoms with van der Waals surface area (Å²) in [6, 6.07) is 6.32. The molecule has 3 nitrogen and oxygen atoms in total. The van der Waals surface area contributed by atoms with Gasteiger partial charge < -0.3 is 10.6 Å². The number of hydrogen-bond donors (Lipinski definition) is 1. The Bertz CT molecular complexity index is 401. The lowest BCUT2D eigenvalue weighted by molar-refractivity contribution is -0.118. The van der Waals surface area contributed by atoms with Crippen LogP contribution in [-0.2, 0) is 17.6 Å². The highest BCUT2D eigenvalue weighted by atomic mass is 16.2. The van der Waals surface area contributed by atoms with Crippen molar-refractivity contribution in [2.24, 2.45) is 5.73 Å². The summed E-state index contributed by atoms with van der Waals surface area (Å²) in [4.78, 5) is 13.6. The molecule has 86 valence electrons. The van der Waals surface area contributed by atoms with Crippen LogP contribution in [0.15, 0.2) is 18.2 Å². The number of anilines is 1. The minimum atomic E-state index is 0.213. The van der Waals surface area contributed by atoms with Crippen molar-refractivity contribution < 1.29 is 4.79 Å². The van der Waals surface area contributed by atoms with Crippen LogP contribution in [0.2, 0.25) is 0 Å². The van der Waals surface area contributed by atoms with Crippen LogP contribution in [-0.4, -0.2) is 19.0 Å². The molecule has 3 heteroatoms. The van der Waals surface area contributed by atoms with Gasteiger partial charge in [0.25, 0.3) is 0 Å². The third-order valence-electron chi connectivity index (χ3n) is 3.08. The number of nitrogens with zero attached hydrogens (tertiary/aromatic N) is 1. The SMILES string of the molecule is CCC(=O)N1CCc2cc(CCN)ccc21. The van der Waals surface area contributed by atoms with Gasteiger partial charge in [-0.3, -0.25) is 4.79 Å². The summed E-state index contributed by atoms with van der Waals surface area (Å²) in [6.07, 6.45) is 2.46. The van der Waals surface area contributed by atoms with Crippen LogP contribution < -0.4 is 10.6 Å². The fourth-order valence-electron chi connectivity index (χ4n) is 2.23. The topological polar surface area (TPSA) is 46.3 Å². The Kier molecular flexibility index (Phi) is 3.25. The Balaban J connectivity index is 2.25. The highest BCUT2D eigenvalue weighted by molar-refractivity contribution is 5.95. The van der Waals surface area contributed by atoms with E-state index in [0.29, 0.717) is 13.0 Å². The van der Waals surface area contributed by atoms with Crippen molar-refractivity contribution in [1.29, 1.82) is 0 Å². The summed E-state index contributed by atoms with van der Waals surface area (Å²) >= 11 is 0. The van der Waals surface area contributed by atoms with Crippen molar-refractivity contribution in [3.05, 3.63) is 29.3 Å². The molecule has 0 aromatic heterocycles. The number of carbonyl (C=O) groups is 1. The van der Waals surface area contributed by atoms with Gasteiger partial charge in [-0.15, -0.1) is 0 Å². The monoisotopic (exact) mass is 218 g/mol. The maximum Gasteiger partial charge on any atom is 0.226 e. The van der Waals surface area contributed by atoms with Gasteiger partial charge >= 0.3 is 0 Å². The van der Waals surface area contributed by atoms with E-state index in [1.54, 1.807) is 0 Å². The van der Waals surface area contributed by atoms with Crippen molar-refractivity contribution in [2.45, 2.75) is 26.2 Å². The Labute approximate surface area is 96.2 Å². The second-order valence-electron chi connectivity index (χ2n) is 4.15. The van der Waals surface area contributed by atoms with Crippen LogP contribution in [0.25, 0.3) is 0 Å². The lowest BCUT2D eigenvalue weighted by atomic mass is 10.1. The van der Waals surface area contributed by atoms with Gasteiger partial charge in [-0.05, 0) is 36.6 Å². The molecule has 2 N–H and O–H groups in total. The summed E-state index contributed by atoms with van der Waals surface area (Å²) in [5, 5.41) is 0. The molecule has 1 aromatic rings. The van der Waals surface area contributed by atoms with Gasteiger partial charge in [-0.1, -0.05) is 19.1 Å². The normalized spacial score (nSPS) is 14.0. The van der Waals surface area contributed by atoms with E-state index in [-0.39, 0.29) is 5.91 Å². The Morgan fingerprint density at radius 2 is 2.31 bits per heavy atom. The highest BCUT2D eigenvalue weighted by Gasteiger charge is 2.23. The Morgan fingerprint density at radius 1 is 1.50 bits per heavy atom. The highest BCUT2D eigenvalue weighted by Crippen LogP contribution is 2.29. The molecule has 2 rings (SSSR count). The molecule has 0 radical (unpaired) electrons. The van der Waals surface area contributed by atoms with E-state index in [1.165, 1.54) is 11.1 Å². The van der Waals surface area contributed by atoms with E-state index in [9.17, 15) is 4.79 Å². The number of amides is 1. The minimum absolute atomic E-state index is 0.213. The van der Waals surface area contributed by atoms with Crippen LogP contribution in [0.3, 0.4) is 0 Å². The summed E-state index contributed by atoms with van der Waals surface area (Å²) < 4.78 is 0. The van der Waals surface area contributed by atoms with Gasteiger partial charge in [0.2, 0.25) is 5.91 Å². The standard InChI is InChI=1S/C13H18N2O/c1-2-13(16)15-8-6-11-9-10(5-7-14)3-4-12(11)15/h3-4,9H,2,5-8,14H2,1H3. The number of fused-ring (bicyclic) bond motifs is 1. The fraction of sp³-hybridized carbons (Fsp3) is 0.462. The molecule has 16 heavy (non-hydrogen) atoms. The molecule has 1 heterocycles. The summed E-state index contributed by atoms with van der Waals surface area (Å²) in [5.74, 6) is 0.213. The van der Waals surface area contributed by atoms with Gasteiger partial charge in [-0.2, -0.15) is 0 Å². The smallest absolute Gasteiger partial charge is 0.226 e. The molecule has 1 amide bonds. The van der Waals surface area contributed by atoms with Crippen LogP contribution in [0, 0.1) is 0 Å². The zero-order chi connectivity index (χ0) is 11.5. The van der Waals surface area contributed by atoms with E-state index in [0.717, 1.165) is 25.1 Å². The molecule has 1 aromatic carbocycles. The lowest BCUT2D eigenvalue weighted by Gasteiger charge is -2.16. The zero-order valence-corrected chi connectivity index (χ0v) is 9.70. The molecular weight excluding hydrogens is 200 g/mol. The van der Waals surface area contributed by atoms with Crippen LogP contribution in [0.1, 0.15) is 24.5 Å². The third-order valence-corrected chi connectivity index (χ3v) is 3.08. The average molecular weight is 218 g/mol. The zero-order valence-electron chi connectivity index (χ0n) is 9.70. The van der Waals surface area contributed by atoms with Crippen molar-refractivity contribution in [3.63, 3.8) is 0 Å². The van der Waals surface area contributed by atoms with Gasteiger partial charge in [-0.25, -0.2) is 0 Å². The minimum Gasteiger partial charge on any atom is -0.330 e. The van der Waals surface area contributed by atoms with Gasteiger partial charge in [0, 0.05) is 18.7 Å². The summed E-state index contributed by atoms with van der Waals surface area (Å²) in [7, 11) is 0. The summed E-state index contributed by atoms with van der Waals surface area (Å²) in [6.45, 7) is 3.41. The predicted octanol–water partition coefficient (Wildman–Crippen LogP) is 1.49. The van der Waals surface area contributed by atoms with Crippen LogP contribution in [0.4, 0.5) is 5.69 Å². The number of benzene rings is 1. The van der Waals surface area contributed by atoms with Gasteiger partial charge in [0.05, 0.1) is 0 Å². The van der Waals surface area contributed by atoms with Gasteiger partial charge in [0.15, 0.2) is 0 Å². The number of carbonyl (C=O) groups excluding carboxylic acids is 1. The quantitative estimate of drug-likeness (QED) is 0.835. The van der Waals surface area contributed by atoms with E-state index < -0.39 is 0 Å². The van der Waals surface area contributed by atoms with Crippen molar-refractivity contribution in [2.75, 3.05) is 18.0 Å². The maximum absolute atomic E-state index is 11.7. The van der Waals surface area contributed by atoms with Gasteiger partial charge in [0.1, 0.15) is 0 Å². The molecule has 0 unspecified atom stereocenters.